The summed E-state index contributed by atoms with van der Waals surface area (Å²) in [6, 6.07) is 18.2. The normalized spacial score (nSPS) is 24.1. The smallest absolute Gasteiger partial charge is 0.278 e. The van der Waals surface area contributed by atoms with E-state index < -0.39 is 11.2 Å². The number of carbonyl (C=O) groups excluding carboxylic acids is 1. The van der Waals surface area contributed by atoms with Crippen molar-refractivity contribution in [3.05, 3.63) is 93.4 Å². The molecular weight excluding hydrogens is 458 g/mol. The second-order valence-electron chi connectivity index (χ2n) is 10.3. The topological polar surface area (TPSA) is 65.8 Å². The van der Waals surface area contributed by atoms with Crippen molar-refractivity contribution >= 4 is 17.7 Å². The van der Waals surface area contributed by atoms with E-state index in [4.69, 9.17) is 0 Å². The maximum Gasteiger partial charge on any atom is 0.278 e. The van der Waals surface area contributed by atoms with Crippen molar-refractivity contribution in [2.75, 3.05) is 11.6 Å². The van der Waals surface area contributed by atoms with Crippen LogP contribution in [0.25, 0.3) is 0 Å². The summed E-state index contributed by atoms with van der Waals surface area (Å²) in [4.78, 5) is 29.4. The highest BCUT2D eigenvalue weighted by Gasteiger charge is 2.51. The predicted molar refractivity (Wildman–Crippen MR) is 135 cm³/mol. The Morgan fingerprint density at radius 3 is 2.51 bits per heavy atom. The number of hydrogen-bond acceptors (Lipinski definition) is 5. The number of carbonyl (C=O) groups is 1. The molecule has 1 saturated carbocycles. The summed E-state index contributed by atoms with van der Waals surface area (Å²) >= 11 is 1.83. The van der Waals surface area contributed by atoms with Gasteiger partial charge in [-0.25, -0.2) is 0 Å². The Morgan fingerprint density at radius 1 is 0.943 bits per heavy atom. The van der Waals surface area contributed by atoms with Gasteiger partial charge in [-0.2, -0.15) is 0 Å². The molecule has 35 heavy (non-hydrogen) atoms. The fourth-order valence-electron chi connectivity index (χ4n) is 6.57. The highest BCUT2D eigenvalue weighted by atomic mass is 32.2. The fraction of sp³-hybridized carbons (Fsp3) is 0.357. The molecule has 0 radical (unpaired) electrons. The Hall–Kier alpha value is -3.19. The van der Waals surface area contributed by atoms with Gasteiger partial charge in [0, 0.05) is 29.5 Å². The number of rotatable bonds is 1. The van der Waals surface area contributed by atoms with Crippen molar-refractivity contribution in [2.24, 2.45) is 5.41 Å². The number of aromatic nitrogens is 1. The monoisotopic (exact) mass is 485 g/mol. The third kappa shape index (κ3) is 3.03. The lowest BCUT2D eigenvalue weighted by Gasteiger charge is -2.58. The molecule has 1 saturated heterocycles. The zero-order chi connectivity index (χ0) is 23.7. The molecule has 2 atom stereocenters. The van der Waals surface area contributed by atoms with Gasteiger partial charge in [0.25, 0.3) is 5.91 Å². The van der Waals surface area contributed by atoms with Crippen LogP contribution in [-0.2, 0) is 5.75 Å². The molecule has 3 aromatic rings. The number of pyridine rings is 1. The quantitative estimate of drug-likeness (QED) is 0.544. The highest BCUT2D eigenvalue weighted by Crippen LogP contribution is 2.52. The second kappa shape index (κ2) is 7.65. The molecule has 4 aliphatic rings. The number of amides is 1. The van der Waals surface area contributed by atoms with Crippen LogP contribution in [-0.4, -0.2) is 33.3 Å². The van der Waals surface area contributed by atoms with Gasteiger partial charge in [0.05, 0.1) is 6.04 Å². The van der Waals surface area contributed by atoms with Crippen molar-refractivity contribution in [3.63, 3.8) is 0 Å². The second-order valence-corrected chi connectivity index (χ2v) is 11.4. The Labute approximate surface area is 208 Å². The van der Waals surface area contributed by atoms with Crippen LogP contribution >= 0.6 is 11.8 Å². The average molecular weight is 486 g/mol. The van der Waals surface area contributed by atoms with Crippen molar-refractivity contribution in [1.82, 2.24) is 9.58 Å². The predicted octanol–water partition coefficient (Wildman–Crippen LogP) is 4.63. The van der Waals surface area contributed by atoms with Gasteiger partial charge in [-0.15, -0.1) is 11.8 Å². The van der Waals surface area contributed by atoms with Crippen LogP contribution in [0, 0.1) is 5.41 Å². The Morgan fingerprint density at radius 2 is 1.71 bits per heavy atom. The summed E-state index contributed by atoms with van der Waals surface area (Å²) in [6.45, 7) is 0.681. The Bertz CT molecular complexity index is 1370. The first-order chi connectivity index (χ1) is 17.1. The van der Waals surface area contributed by atoms with Gasteiger partial charge in [0.15, 0.2) is 11.4 Å². The van der Waals surface area contributed by atoms with Crippen LogP contribution in [0.2, 0.25) is 0 Å². The number of benzene rings is 2. The van der Waals surface area contributed by atoms with Gasteiger partial charge < -0.3 is 10.0 Å². The van der Waals surface area contributed by atoms with E-state index in [1.165, 1.54) is 34.1 Å². The molecule has 7 heteroatoms. The third-order valence-corrected chi connectivity index (χ3v) is 9.63. The van der Waals surface area contributed by atoms with Crippen molar-refractivity contribution < 1.29 is 9.90 Å². The molecular formula is C28H27N3O3S. The van der Waals surface area contributed by atoms with Crippen molar-refractivity contribution in [3.8, 4) is 5.75 Å². The highest BCUT2D eigenvalue weighted by molar-refractivity contribution is 7.98. The van der Waals surface area contributed by atoms with Crippen molar-refractivity contribution in [2.45, 2.75) is 55.0 Å². The average Bonchev–Trinajstić information content (AvgIpc) is 3.02. The largest absolute Gasteiger partial charge is 0.502 e. The molecule has 2 fully saturated rings. The first-order valence-electron chi connectivity index (χ1n) is 12.4. The van der Waals surface area contributed by atoms with Gasteiger partial charge in [0.2, 0.25) is 5.43 Å². The third-order valence-electron chi connectivity index (χ3n) is 8.50. The minimum Gasteiger partial charge on any atom is -0.502 e. The molecule has 1 aromatic heterocycles. The van der Waals surface area contributed by atoms with E-state index in [-0.39, 0.29) is 29.2 Å². The van der Waals surface area contributed by atoms with E-state index in [2.05, 4.69) is 53.5 Å². The van der Waals surface area contributed by atoms with E-state index in [9.17, 15) is 14.7 Å². The first kappa shape index (κ1) is 21.1. The molecule has 0 bridgehead atoms. The first-order valence-corrected chi connectivity index (χ1v) is 13.4. The van der Waals surface area contributed by atoms with E-state index in [0.29, 0.717) is 6.54 Å². The van der Waals surface area contributed by atoms with Gasteiger partial charge in [-0.3, -0.25) is 19.3 Å². The number of piperidine rings is 1. The number of thioether (sulfide) groups is 1. The summed E-state index contributed by atoms with van der Waals surface area (Å²) in [5.74, 6) is 0.173. The Kier molecular flexibility index (Phi) is 4.62. The van der Waals surface area contributed by atoms with Gasteiger partial charge in [-0.05, 0) is 53.9 Å². The van der Waals surface area contributed by atoms with Crippen LogP contribution in [0.15, 0.2) is 70.5 Å². The standard InChI is InChI=1S/C28H27N3O3S/c32-21-11-15-30-25(26(21)33)27(34)29-17-28(12-5-13-28)14-10-23(29)31(30)24-19-7-2-1-6-18(19)16-35-22-9-4-3-8-20(22)24/h1-4,6-9,11,15,23-24,33H,5,10,12-14,16-17H2/t23-,24+/m1/s1. The molecule has 178 valence electrons. The lowest BCUT2D eigenvalue weighted by molar-refractivity contribution is -0.0197. The number of nitrogens with zero attached hydrogens (tertiary/aromatic N) is 3. The van der Waals surface area contributed by atoms with E-state index in [0.717, 1.165) is 31.4 Å². The van der Waals surface area contributed by atoms with E-state index >= 15 is 0 Å². The molecule has 7 rings (SSSR count). The summed E-state index contributed by atoms with van der Waals surface area (Å²) in [5.41, 5.74) is 3.39. The summed E-state index contributed by atoms with van der Waals surface area (Å²) in [6.07, 6.45) is 6.96. The summed E-state index contributed by atoms with van der Waals surface area (Å²) in [5, 5.41) is 13.1. The van der Waals surface area contributed by atoms with Crippen LogP contribution in [0.4, 0.5) is 0 Å². The van der Waals surface area contributed by atoms with Crippen LogP contribution in [0.1, 0.15) is 65.3 Å². The van der Waals surface area contributed by atoms with E-state index in [1.54, 1.807) is 10.9 Å². The molecule has 1 spiro atoms. The minimum atomic E-state index is -0.518. The van der Waals surface area contributed by atoms with Crippen LogP contribution in [0.5, 0.6) is 5.75 Å². The lowest BCUT2D eigenvalue weighted by Crippen LogP contribution is -2.67. The molecule has 1 aliphatic carbocycles. The fourth-order valence-corrected chi connectivity index (χ4v) is 7.66. The Balaban J connectivity index is 1.48. The number of fused-ring (bicyclic) bond motifs is 4. The maximum atomic E-state index is 13.8. The van der Waals surface area contributed by atoms with E-state index in [1.807, 2.05) is 16.7 Å². The molecule has 4 heterocycles. The number of aromatic hydroxyl groups is 1. The van der Waals surface area contributed by atoms with Crippen LogP contribution in [0.3, 0.4) is 0 Å². The van der Waals surface area contributed by atoms with Crippen molar-refractivity contribution in [1.29, 1.82) is 0 Å². The van der Waals surface area contributed by atoms with Gasteiger partial charge in [0.1, 0.15) is 6.17 Å². The zero-order valence-corrected chi connectivity index (χ0v) is 20.2. The molecule has 1 amide bonds. The van der Waals surface area contributed by atoms with Gasteiger partial charge in [-0.1, -0.05) is 48.9 Å². The molecule has 2 aromatic carbocycles. The zero-order valence-electron chi connectivity index (χ0n) is 19.4. The molecule has 1 N–H and O–H groups in total. The maximum absolute atomic E-state index is 13.8. The summed E-state index contributed by atoms with van der Waals surface area (Å²) in [7, 11) is 0. The summed E-state index contributed by atoms with van der Waals surface area (Å²) < 4.78 is 1.77. The molecule has 6 nitrogen and oxygen atoms in total. The SMILES string of the molecule is O=C1c2c(O)c(=O)ccn2N([C@H]2c3ccccc3CSc3ccccc32)[C@@H]2CCC3(CCC3)CN12. The number of hydrogen-bond donors (Lipinski definition) is 1. The van der Waals surface area contributed by atoms with Crippen LogP contribution < -0.4 is 10.4 Å². The molecule has 3 aliphatic heterocycles. The minimum absolute atomic E-state index is 0.0805. The molecule has 0 unspecified atom stereocenters. The lowest BCUT2D eigenvalue weighted by atomic mass is 9.63. The van der Waals surface area contributed by atoms with Gasteiger partial charge >= 0.3 is 0 Å².